The predicted molar refractivity (Wildman–Crippen MR) is 115 cm³/mol. The molecule has 1 aliphatic heterocycles. The van der Waals surface area contributed by atoms with Gasteiger partial charge >= 0.3 is 13.2 Å². The number of benzene rings is 1. The molecule has 1 aromatic carbocycles. The van der Waals surface area contributed by atoms with Crippen molar-refractivity contribution in [2.45, 2.75) is 71.8 Å². The Morgan fingerprint density at radius 1 is 1.14 bits per heavy atom. The summed E-state index contributed by atoms with van der Waals surface area (Å²) in [6.45, 7) is 13.8. The molecular weight excluding hydrogens is 392 g/mol. The molecule has 3 rings (SSSR count). The van der Waals surface area contributed by atoms with Gasteiger partial charge in [-0.3, -0.25) is 0 Å². The minimum atomic E-state index is -0.555. The van der Waals surface area contributed by atoms with Crippen molar-refractivity contribution in [1.82, 2.24) is 4.90 Å². The minimum Gasteiger partial charge on any atom is -0.458 e. The van der Waals surface area contributed by atoms with Crippen molar-refractivity contribution in [3.05, 3.63) is 29.0 Å². The Morgan fingerprint density at radius 3 is 2.28 bits per heavy atom. The van der Waals surface area contributed by atoms with Crippen LogP contribution in [0.3, 0.4) is 0 Å². The topological polar surface area (TPSA) is 61.1 Å². The van der Waals surface area contributed by atoms with Crippen molar-refractivity contribution in [3.63, 3.8) is 0 Å². The molecule has 0 aliphatic carbocycles. The van der Waals surface area contributed by atoms with E-state index in [0.29, 0.717) is 16.4 Å². The van der Waals surface area contributed by atoms with Crippen LogP contribution >= 0.6 is 11.6 Å². The number of carbonyl (C=O) groups is 1. The molecule has 8 heteroatoms. The number of ether oxygens (including phenoxy) is 1. The van der Waals surface area contributed by atoms with Crippen LogP contribution < -0.4 is 5.46 Å². The van der Waals surface area contributed by atoms with E-state index in [9.17, 15) is 4.79 Å². The first-order valence-corrected chi connectivity index (χ1v) is 10.1. The summed E-state index contributed by atoms with van der Waals surface area (Å²) in [6, 6.07) is 5.62. The summed E-state index contributed by atoms with van der Waals surface area (Å²) in [7, 11) is 1.16. The summed E-state index contributed by atoms with van der Waals surface area (Å²) in [4.78, 5) is 13.7. The van der Waals surface area contributed by atoms with Crippen molar-refractivity contribution >= 4 is 41.2 Å². The summed E-state index contributed by atoms with van der Waals surface area (Å²) in [6.07, 6.45) is -0.415. The first-order chi connectivity index (χ1) is 13.2. The van der Waals surface area contributed by atoms with E-state index >= 15 is 0 Å². The second kappa shape index (κ2) is 7.22. The fourth-order valence-corrected chi connectivity index (χ4v) is 3.29. The van der Waals surface area contributed by atoms with Crippen molar-refractivity contribution in [1.29, 1.82) is 0 Å². The molecule has 1 fully saturated rings. The zero-order valence-corrected chi connectivity index (χ0v) is 19.1. The molecular formula is C21H29BClNO5. The molecule has 1 aromatic heterocycles. The first-order valence-electron chi connectivity index (χ1n) is 9.70. The van der Waals surface area contributed by atoms with Crippen LogP contribution in [0.5, 0.6) is 0 Å². The Bertz CT molecular complexity index is 915. The lowest BCUT2D eigenvalue weighted by Gasteiger charge is -2.32. The Morgan fingerprint density at radius 2 is 1.72 bits per heavy atom. The maximum Gasteiger partial charge on any atom is 0.494 e. The van der Waals surface area contributed by atoms with Gasteiger partial charge in [0.25, 0.3) is 0 Å². The number of fused-ring (bicyclic) bond motifs is 1. The number of carbonyl (C=O) groups excluding carboxylic acids is 1. The highest BCUT2D eigenvalue weighted by atomic mass is 35.5. The molecule has 0 N–H and O–H groups in total. The lowest BCUT2D eigenvalue weighted by Crippen LogP contribution is -2.41. The van der Waals surface area contributed by atoms with E-state index in [0.717, 1.165) is 10.8 Å². The molecule has 0 atom stereocenters. The molecule has 0 saturated carbocycles. The Balaban J connectivity index is 1.82. The van der Waals surface area contributed by atoms with E-state index < -0.39 is 30.0 Å². The van der Waals surface area contributed by atoms with Crippen LogP contribution in [-0.4, -0.2) is 42.0 Å². The first kappa shape index (κ1) is 22.0. The zero-order chi connectivity index (χ0) is 21.8. The smallest absolute Gasteiger partial charge is 0.458 e. The largest absolute Gasteiger partial charge is 0.494 e. The highest BCUT2D eigenvalue weighted by molar-refractivity contribution is 6.63. The Hall–Kier alpha value is -1.70. The third kappa shape index (κ3) is 4.57. The maximum atomic E-state index is 12.2. The second-order valence-corrected chi connectivity index (χ2v) is 9.97. The standard InChI is InChI=1S/C21H29BClNO5/c1-19(2,3)27-18(25)24(8)12-15-10-13-9-14(11-16(23)17(13)26-15)22-28-20(4,5)21(6,7)29-22/h9-11H,12H2,1-8H3. The third-order valence-electron chi connectivity index (χ3n) is 5.27. The highest BCUT2D eigenvalue weighted by Crippen LogP contribution is 2.37. The zero-order valence-electron chi connectivity index (χ0n) is 18.4. The quantitative estimate of drug-likeness (QED) is 0.669. The molecule has 29 heavy (non-hydrogen) atoms. The van der Waals surface area contributed by atoms with Crippen LogP contribution in [0.2, 0.25) is 5.02 Å². The monoisotopic (exact) mass is 421 g/mol. The van der Waals surface area contributed by atoms with Crippen LogP contribution in [-0.2, 0) is 20.6 Å². The van der Waals surface area contributed by atoms with E-state index in [4.69, 9.17) is 30.1 Å². The van der Waals surface area contributed by atoms with Gasteiger partial charge in [-0.25, -0.2) is 4.79 Å². The molecule has 2 heterocycles. The molecule has 158 valence electrons. The minimum absolute atomic E-state index is 0.270. The Labute approximate surface area is 177 Å². The maximum absolute atomic E-state index is 12.2. The van der Waals surface area contributed by atoms with Crippen LogP contribution in [0.4, 0.5) is 4.79 Å². The Kier molecular flexibility index (Phi) is 5.48. The van der Waals surface area contributed by atoms with E-state index in [1.165, 1.54) is 4.90 Å². The van der Waals surface area contributed by atoms with Crippen molar-refractivity contribution < 1.29 is 23.3 Å². The van der Waals surface area contributed by atoms with Crippen LogP contribution in [0.15, 0.2) is 22.6 Å². The lowest BCUT2D eigenvalue weighted by molar-refractivity contribution is 0.00578. The molecule has 0 radical (unpaired) electrons. The molecule has 2 aromatic rings. The number of hydrogen-bond donors (Lipinski definition) is 0. The van der Waals surface area contributed by atoms with Gasteiger partial charge in [-0.1, -0.05) is 17.7 Å². The van der Waals surface area contributed by atoms with E-state index in [1.807, 2.05) is 60.6 Å². The fourth-order valence-electron chi connectivity index (χ4n) is 3.02. The molecule has 0 unspecified atom stereocenters. The molecule has 1 aliphatic rings. The average molecular weight is 422 g/mol. The van der Waals surface area contributed by atoms with Crippen LogP contribution in [0, 0.1) is 0 Å². The number of amides is 1. The SMILES string of the molecule is CN(Cc1cc2cc(B3OC(C)(C)C(C)(C)O3)cc(Cl)c2o1)C(=O)OC(C)(C)C. The second-order valence-electron chi connectivity index (χ2n) is 9.56. The van der Waals surface area contributed by atoms with E-state index in [1.54, 1.807) is 13.1 Å². The van der Waals surface area contributed by atoms with Crippen molar-refractivity contribution in [2.24, 2.45) is 0 Å². The predicted octanol–water partition coefficient (Wildman–Crippen LogP) is 4.75. The van der Waals surface area contributed by atoms with Gasteiger partial charge in [0.05, 0.1) is 22.8 Å². The van der Waals surface area contributed by atoms with Crippen molar-refractivity contribution in [3.8, 4) is 0 Å². The van der Waals surface area contributed by atoms with Gasteiger partial charge in [0, 0.05) is 12.4 Å². The molecule has 1 saturated heterocycles. The van der Waals surface area contributed by atoms with Gasteiger partial charge in [-0.15, -0.1) is 0 Å². The van der Waals surface area contributed by atoms with Crippen LogP contribution in [0.25, 0.3) is 11.0 Å². The van der Waals surface area contributed by atoms with Gasteiger partial charge < -0.3 is 23.4 Å². The molecule has 1 amide bonds. The number of furan rings is 1. The van der Waals surface area contributed by atoms with E-state index in [-0.39, 0.29) is 6.54 Å². The molecule has 0 bridgehead atoms. The number of hydrogen-bond acceptors (Lipinski definition) is 5. The average Bonchev–Trinajstić information content (AvgIpc) is 3.03. The van der Waals surface area contributed by atoms with Gasteiger partial charge in [-0.05, 0) is 66.1 Å². The molecule has 6 nitrogen and oxygen atoms in total. The van der Waals surface area contributed by atoms with Gasteiger partial charge in [-0.2, -0.15) is 0 Å². The number of nitrogens with zero attached hydrogens (tertiary/aromatic N) is 1. The normalized spacial score (nSPS) is 18.3. The molecule has 0 spiro atoms. The van der Waals surface area contributed by atoms with E-state index in [2.05, 4.69) is 0 Å². The number of halogens is 1. The summed E-state index contributed by atoms with van der Waals surface area (Å²) >= 11 is 6.47. The summed E-state index contributed by atoms with van der Waals surface area (Å²) < 4.78 is 23.5. The van der Waals surface area contributed by atoms with Crippen molar-refractivity contribution in [2.75, 3.05) is 7.05 Å². The van der Waals surface area contributed by atoms with Gasteiger partial charge in [0.15, 0.2) is 5.58 Å². The number of rotatable bonds is 3. The highest BCUT2D eigenvalue weighted by Gasteiger charge is 2.51. The summed E-state index contributed by atoms with van der Waals surface area (Å²) in [5.74, 6) is 0.612. The van der Waals surface area contributed by atoms with Crippen LogP contribution in [0.1, 0.15) is 54.2 Å². The van der Waals surface area contributed by atoms with Gasteiger partial charge in [0.1, 0.15) is 11.4 Å². The summed E-state index contributed by atoms with van der Waals surface area (Å²) in [5, 5.41) is 1.30. The fraction of sp³-hybridized carbons (Fsp3) is 0.571. The van der Waals surface area contributed by atoms with Gasteiger partial charge in [0.2, 0.25) is 0 Å². The third-order valence-corrected chi connectivity index (χ3v) is 5.55. The lowest BCUT2D eigenvalue weighted by atomic mass is 9.78. The summed E-state index contributed by atoms with van der Waals surface area (Å²) in [5.41, 5.74) is -0.0260.